The highest BCUT2D eigenvalue weighted by atomic mass is 16.4. The van der Waals surface area contributed by atoms with E-state index in [9.17, 15) is 0 Å². The molecule has 1 aliphatic carbocycles. The lowest BCUT2D eigenvalue weighted by Crippen LogP contribution is -2.33. The molecule has 2 aromatic rings. The Labute approximate surface area is 123 Å². The van der Waals surface area contributed by atoms with Crippen molar-refractivity contribution in [2.24, 2.45) is 0 Å². The highest BCUT2D eigenvalue weighted by Gasteiger charge is 2.29. The first kappa shape index (κ1) is 12.8. The van der Waals surface area contributed by atoms with Gasteiger partial charge >= 0.3 is 6.01 Å². The Morgan fingerprint density at radius 3 is 2.52 bits per heavy atom. The first-order valence-electron chi connectivity index (χ1n) is 7.77. The Balaban J connectivity index is 1.39. The lowest BCUT2D eigenvalue weighted by Gasteiger charge is -2.29. The van der Waals surface area contributed by atoms with Crippen LogP contribution in [0.25, 0.3) is 0 Å². The van der Waals surface area contributed by atoms with Gasteiger partial charge in [-0.2, -0.15) is 5.10 Å². The van der Waals surface area contributed by atoms with Gasteiger partial charge < -0.3 is 9.32 Å². The summed E-state index contributed by atoms with van der Waals surface area (Å²) in [6.45, 7) is 3.78. The number of aromatic nitrogens is 5. The van der Waals surface area contributed by atoms with E-state index in [1.54, 1.807) is 0 Å². The maximum atomic E-state index is 5.84. The number of piperidine rings is 1. The fourth-order valence-corrected chi connectivity index (χ4v) is 3.05. The van der Waals surface area contributed by atoms with E-state index in [0.717, 1.165) is 43.5 Å². The van der Waals surface area contributed by atoms with Gasteiger partial charge in [0.25, 0.3) is 0 Å². The molecule has 3 heterocycles. The van der Waals surface area contributed by atoms with Gasteiger partial charge in [-0.1, -0.05) is 11.5 Å². The monoisotopic (exact) mass is 288 g/mol. The molecule has 1 aliphatic heterocycles. The average molecular weight is 288 g/mol. The molecule has 0 bridgehead atoms. The maximum absolute atomic E-state index is 5.84. The summed E-state index contributed by atoms with van der Waals surface area (Å²) in [7, 11) is 0. The van der Waals surface area contributed by atoms with E-state index in [0.29, 0.717) is 17.9 Å². The van der Waals surface area contributed by atoms with Gasteiger partial charge in [0.1, 0.15) is 5.82 Å². The first-order chi connectivity index (χ1) is 10.3. The third-order valence-corrected chi connectivity index (χ3v) is 4.63. The largest absolute Gasteiger partial charge is 0.408 e. The van der Waals surface area contributed by atoms with Crippen molar-refractivity contribution in [3.05, 3.63) is 17.5 Å². The molecule has 21 heavy (non-hydrogen) atoms. The number of rotatable bonds is 3. The maximum Gasteiger partial charge on any atom is 0.318 e. The molecular weight excluding hydrogens is 268 g/mol. The summed E-state index contributed by atoms with van der Waals surface area (Å²) < 4.78 is 5.84. The van der Waals surface area contributed by atoms with Crippen molar-refractivity contribution in [3.8, 4) is 0 Å². The SMILES string of the molecule is Cc1nc(C2CCN(c3nnc(C4CCC4)o3)CC2)n[nH]1. The fourth-order valence-electron chi connectivity index (χ4n) is 3.05. The van der Waals surface area contributed by atoms with Crippen LogP contribution in [0.1, 0.15) is 61.5 Å². The van der Waals surface area contributed by atoms with Crippen LogP contribution in [0.5, 0.6) is 0 Å². The Hall–Kier alpha value is -1.92. The molecule has 0 aromatic carbocycles. The topological polar surface area (TPSA) is 83.7 Å². The van der Waals surface area contributed by atoms with Crippen LogP contribution >= 0.6 is 0 Å². The number of aryl methyl sites for hydroxylation is 1. The quantitative estimate of drug-likeness (QED) is 0.931. The molecule has 2 aromatic heterocycles. The van der Waals surface area contributed by atoms with Gasteiger partial charge in [0.2, 0.25) is 5.89 Å². The number of hydrogen-bond acceptors (Lipinski definition) is 6. The highest BCUT2D eigenvalue weighted by Crippen LogP contribution is 2.37. The van der Waals surface area contributed by atoms with Gasteiger partial charge in [-0.25, -0.2) is 4.98 Å². The zero-order valence-electron chi connectivity index (χ0n) is 12.2. The van der Waals surface area contributed by atoms with E-state index in [4.69, 9.17) is 4.42 Å². The van der Waals surface area contributed by atoms with E-state index in [1.165, 1.54) is 19.3 Å². The lowest BCUT2D eigenvalue weighted by atomic mass is 9.85. The highest BCUT2D eigenvalue weighted by molar-refractivity contribution is 5.26. The van der Waals surface area contributed by atoms with Gasteiger partial charge in [-0.05, 0) is 32.6 Å². The number of nitrogens with one attached hydrogen (secondary N) is 1. The Kier molecular flexibility index (Phi) is 3.12. The molecule has 112 valence electrons. The minimum Gasteiger partial charge on any atom is -0.408 e. The minimum atomic E-state index is 0.431. The second-order valence-corrected chi connectivity index (χ2v) is 6.09. The molecule has 0 spiro atoms. The number of H-pyrrole nitrogens is 1. The van der Waals surface area contributed by atoms with Crippen LogP contribution in [-0.4, -0.2) is 38.5 Å². The summed E-state index contributed by atoms with van der Waals surface area (Å²) in [4.78, 5) is 6.63. The number of nitrogens with zero attached hydrogens (tertiary/aromatic N) is 5. The Bertz CT molecular complexity index is 609. The van der Waals surface area contributed by atoms with Crippen molar-refractivity contribution in [2.75, 3.05) is 18.0 Å². The van der Waals surface area contributed by atoms with E-state index < -0.39 is 0 Å². The molecule has 2 aliphatic rings. The molecule has 1 N–H and O–H groups in total. The molecule has 2 fully saturated rings. The third kappa shape index (κ3) is 2.41. The van der Waals surface area contributed by atoms with Crippen molar-refractivity contribution in [1.82, 2.24) is 25.4 Å². The van der Waals surface area contributed by atoms with E-state index >= 15 is 0 Å². The summed E-state index contributed by atoms with van der Waals surface area (Å²) >= 11 is 0. The van der Waals surface area contributed by atoms with Crippen molar-refractivity contribution in [3.63, 3.8) is 0 Å². The number of anilines is 1. The van der Waals surface area contributed by atoms with Crippen LogP contribution in [-0.2, 0) is 0 Å². The molecule has 7 nitrogen and oxygen atoms in total. The normalized spacial score (nSPS) is 20.7. The minimum absolute atomic E-state index is 0.431. The van der Waals surface area contributed by atoms with Gasteiger partial charge in [0, 0.05) is 24.9 Å². The summed E-state index contributed by atoms with van der Waals surface area (Å²) in [5, 5.41) is 15.6. The predicted molar refractivity (Wildman–Crippen MR) is 76.2 cm³/mol. The number of hydrogen-bond donors (Lipinski definition) is 1. The van der Waals surface area contributed by atoms with Crippen LogP contribution in [0.2, 0.25) is 0 Å². The first-order valence-corrected chi connectivity index (χ1v) is 7.77. The van der Waals surface area contributed by atoms with Crippen molar-refractivity contribution < 1.29 is 4.42 Å². The molecule has 0 unspecified atom stereocenters. The van der Waals surface area contributed by atoms with E-state index in [-0.39, 0.29) is 0 Å². The van der Waals surface area contributed by atoms with E-state index in [1.807, 2.05) is 6.92 Å². The van der Waals surface area contributed by atoms with Gasteiger partial charge in [-0.15, -0.1) is 5.10 Å². The summed E-state index contributed by atoms with van der Waals surface area (Å²) in [5.41, 5.74) is 0. The van der Waals surface area contributed by atoms with Crippen LogP contribution in [0, 0.1) is 6.92 Å². The van der Waals surface area contributed by atoms with E-state index in [2.05, 4.69) is 30.3 Å². The van der Waals surface area contributed by atoms with Crippen LogP contribution in [0.15, 0.2) is 4.42 Å². The van der Waals surface area contributed by atoms with Crippen molar-refractivity contribution in [2.45, 2.75) is 50.9 Å². The standard InChI is InChI=1S/C14H20N6O/c1-9-15-12(17-16-9)10-5-7-20(8-6-10)14-19-18-13(21-14)11-3-2-4-11/h10-11H,2-8H2,1H3,(H,15,16,17). The summed E-state index contributed by atoms with van der Waals surface area (Å²) in [6.07, 6.45) is 5.71. The predicted octanol–water partition coefficient (Wildman–Crippen LogP) is 2.15. The Morgan fingerprint density at radius 1 is 1.10 bits per heavy atom. The molecule has 0 amide bonds. The zero-order valence-corrected chi connectivity index (χ0v) is 12.2. The summed E-state index contributed by atoms with van der Waals surface area (Å²) in [6, 6.07) is 0.682. The second kappa shape index (κ2) is 5.13. The summed E-state index contributed by atoms with van der Waals surface area (Å²) in [5.74, 6) is 3.57. The molecule has 7 heteroatoms. The molecular formula is C14H20N6O. The fraction of sp³-hybridized carbons (Fsp3) is 0.714. The number of aromatic amines is 1. The Morgan fingerprint density at radius 2 is 1.90 bits per heavy atom. The average Bonchev–Trinajstić information content (AvgIpc) is 3.07. The third-order valence-electron chi connectivity index (χ3n) is 4.63. The second-order valence-electron chi connectivity index (χ2n) is 6.09. The molecule has 1 saturated heterocycles. The van der Waals surface area contributed by atoms with Gasteiger partial charge in [0.05, 0.1) is 0 Å². The van der Waals surface area contributed by atoms with Gasteiger partial charge in [0.15, 0.2) is 5.82 Å². The molecule has 0 radical (unpaired) electrons. The van der Waals surface area contributed by atoms with Gasteiger partial charge in [-0.3, -0.25) is 5.10 Å². The van der Waals surface area contributed by atoms with Crippen LogP contribution in [0.3, 0.4) is 0 Å². The van der Waals surface area contributed by atoms with Crippen LogP contribution < -0.4 is 4.90 Å². The van der Waals surface area contributed by atoms with Crippen LogP contribution in [0.4, 0.5) is 6.01 Å². The molecule has 4 rings (SSSR count). The lowest BCUT2D eigenvalue weighted by molar-refractivity contribution is 0.332. The van der Waals surface area contributed by atoms with Crippen molar-refractivity contribution >= 4 is 6.01 Å². The van der Waals surface area contributed by atoms with Crippen molar-refractivity contribution in [1.29, 1.82) is 0 Å². The zero-order chi connectivity index (χ0) is 14.2. The smallest absolute Gasteiger partial charge is 0.318 e. The molecule has 1 saturated carbocycles. The molecule has 0 atom stereocenters.